The Labute approximate surface area is 134 Å². The van der Waals surface area contributed by atoms with E-state index in [2.05, 4.69) is 56.9 Å². The van der Waals surface area contributed by atoms with Gasteiger partial charge in [0.15, 0.2) is 0 Å². The minimum Gasteiger partial charge on any atom is -0.388 e. The molecule has 0 heterocycles. The highest BCUT2D eigenvalue weighted by molar-refractivity contribution is 7.99. The molecule has 0 fully saturated rings. The standard InChI is InChI=1S/C18H31NOS/c1-5-19(6-2)13-11-18(20)16-7-9-17(10-8-16)21-14-12-15(3)4/h7-10,15,18,20H,5-6,11-14H2,1-4H3. The molecule has 0 amide bonds. The second kappa shape index (κ2) is 10.3. The van der Waals surface area contributed by atoms with Gasteiger partial charge in [-0.2, -0.15) is 0 Å². The summed E-state index contributed by atoms with van der Waals surface area (Å²) >= 11 is 1.90. The number of hydrogen-bond acceptors (Lipinski definition) is 3. The van der Waals surface area contributed by atoms with Gasteiger partial charge in [0.1, 0.15) is 0 Å². The third-order valence-electron chi connectivity index (χ3n) is 3.84. The van der Waals surface area contributed by atoms with Crippen LogP contribution in [-0.4, -0.2) is 35.4 Å². The molecule has 120 valence electrons. The van der Waals surface area contributed by atoms with Crippen molar-refractivity contribution in [1.29, 1.82) is 0 Å². The third-order valence-corrected chi connectivity index (χ3v) is 4.89. The van der Waals surface area contributed by atoms with Crippen LogP contribution in [0, 0.1) is 5.92 Å². The Kier molecular flexibility index (Phi) is 9.05. The van der Waals surface area contributed by atoms with Gasteiger partial charge in [-0.3, -0.25) is 0 Å². The van der Waals surface area contributed by atoms with Crippen LogP contribution in [0.5, 0.6) is 0 Å². The van der Waals surface area contributed by atoms with Gasteiger partial charge in [-0.05, 0) is 55.3 Å². The Bertz CT molecular complexity index is 373. The molecule has 0 spiro atoms. The van der Waals surface area contributed by atoms with E-state index < -0.39 is 0 Å². The predicted octanol–water partition coefficient (Wildman–Crippen LogP) is 4.59. The lowest BCUT2D eigenvalue weighted by atomic mass is 10.1. The number of nitrogens with zero attached hydrogens (tertiary/aromatic N) is 1. The first kappa shape index (κ1) is 18.5. The van der Waals surface area contributed by atoms with Crippen LogP contribution in [0.15, 0.2) is 29.2 Å². The van der Waals surface area contributed by atoms with Gasteiger partial charge >= 0.3 is 0 Å². The minimum atomic E-state index is -0.347. The lowest BCUT2D eigenvalue weighted by Crippen LogP contribution is -2.25. The largest absolute Gasteiger partial charge is 0.388 e. The molecule has 0 saturated heterocycles. The fourth-order valence-electron chi connectivity index (χ4n) is 2.21. The fourth-order valence-corrected chi connectivity index (χ4v) is 3.36. The van der Waals surface area contributed by atoms with Crippen molar-refractivity contribution in [3.05, 3.63) is 29.8 Å². The molecule has 0 aliphatic carbocycles. The van der Waals surface area contributed by atoms with Crippen LogP contribution in [0.4, 0.5) is 0 Å². The van der Waals surface area contributed by atoms with Gasteiger partial charge in [-0.15, -0.1) is 11.8 Å². The molecule has 1 unspecified atom stereocenters. The van der Waals surface area contributed by atoms with E-state index in [0.717, 1.165) is 37.5 Å². The Balaban J connectivity index is 2.41. The van der Waals surface area contributed by atoms with Crippen molar-refractivity contribution in [2.45, 2.75) is 51.5 Å². The summed E-state index contributed by atoms with van der Waals surface area (Å²) in [6.45, 7) is 11.9. The fraction of sp³-hybridized carbons (Fsp3) is 0.667. The van der Waals surface area contributed by atoms with Gasteiger partial charge in [-0.1, -0.05) is 39.8 Å². The summed E-state index contributed by atoms with van der Waals surface area (Å²) in [7, 11) is 0. The average molecular weight is 310 g/mol. The van der Waals surface area contributed by atoms with Crippen LogP contribution in [0.25, 0.3) is 0 Å². The zero-order chi connectivity index (χ0) is 15.7. The zero-order valence-electron chi connectivity index (χ0n) is 14.0. The maximum absolute atomic E-state index is 10.3. The molecule has 1 N–H and O–H groups in total. The van der Waals surface area contributed by atoms with Gasteiger partial charge in [0.2, 0.25) is 0 Å². The van der Waals surface area contributed by atoms with Crippen molar-refractivity contribution < 1.29 is 5.11 Å². The molecule has 0 aromatic heterocycles. The molecule has 1 aromatic carbocycles. The number of benzene rings is 1. The summed E-state index contributed by atoms with van der Waals surface area (Å²) in [5, 5.41) is 10.3. The molecule has 0 aliphatic heterocycles. The molecule has 0 bridgehead atoms. The monoisotopic (exact) mass is 309 g/mol. The Morgan fingerprint density at radius 1 is 1.05 bits per heavy atom. The van der Waals surface area contributed by atoms with Crippen molar-refractivity contribution in [3.63, 3.8) is 0 Å². The van der Waals surface area contributed by atoms with E-state index in [1.165, 1.54) is 17.1 Å². The lowest BCUT2D eigenvalue weighted by molar-refractivity contribution is 0.145. The molecule has 1 atom stereocenters. The highest BCUT2D eigenvalue weighted by Gasteiger charge is 2.09. The van der Waals surface area contributed by atoms with Gasteiger partial charge in [0, 0.05) is 11.4 Å². The quantitative estimate of drug-likeness (QED) is 0.639. The Morgan fingerprint density at radius 3 is 2.19 bits per heavy atom. The van der Waals surface area contributed by atoms with E-state index in [4.69, 9.17) is 0 Å². The maximum Gasteiger partial charge on any atom is 0.0802 e. The third kappa shape index (κ3) is 7.35. The summed E-state index contributed by atoms with van der Waals surface area (Å²) < 4.78 is 0. The van der Waals surface area contributed by atoms with Gasteiger partial charge in [0.05, 0.1) is 6.10 Å². The summed E-state index contributed by atoms with van der Waals surface area (Å²) in [5.74, 6) is 1.93. The topological polar surface area (TPSA) is 23.5 Å². The van der Waals surface area contributed by atoms with E-state index in [0.29, 0.717) is 0 Å². The second-order valence-electron chi connectivity index (χ2n) is 5.93. The van der Waals surface area contributed by atoms with Crippen LogP contribution >= 0.6 is 11.8 Å². The van der Waals surface area contributed by atoms with Crippen molar-refractivity contribution in [2.24, 2.45) is 5.92 Å². The molecular formula is C18H31NOS. The summed E-state index contributed by atoms with van der Waals surface area (Å²) in [5.41, 5.74) is 1.04. The van der Waals surface area contributed by atoms with Gasteiger partial charge < -0.3 is 10.0 Å². The highest BCUT2D eigenvalue weighted by atomic mass is 32.2. The first-order valence-electron chi connectivity index (χ1n) is 8.20. The van der Waals surface area contributed by atoms with Crippen LogP contribution in [0.2, 0.25) is 0 Å². The smallest absolute Gasteiger partial charge is 0.0802 e. The zero-order valence-corrected chi connectivity index (χ0v) is 14.8. The van der Waals surface area contributed by atoms with E-state index in [9.17, 15) is 5.11 Å². The van der Waals surface area contributed by atoms with Crippen molar-refractivity contribution >= 4 is 11.8 Å². The van der Waals surface area contributed by atoms with Crippen molar-refractivity contribution in [3.8, 4) is 0 Å². The van der Waals surface area contributed by atoms with Crippen LogP contribution < -0.4 is 0 Å². The SMILES string of the molecule is CCN(CC)CCC(O)c1ccc(SCCC(C)C)cc1. The molecule has 0 radical (unpaired) electrons. The van der Waals surface area contributed by atoms with Crippen LogP contribution in [0.1, 0.15) is 52.2 Å². The second-order valence-corrected chi connectivity index (χ2v) is 7.10. The number of rotatable bonds is 10. The Morgan fingerprint density at radius 2 is 1.67 bits per heavy atom. The first-order valence-corrected chi connectivity index (χ1v) is 9.18. The van der Waals surface area contributed by atoms with Crippen LogP contribution in [-0.2, 0) is 0 Å². The van der Waals surface area contributed by atoms with E-state index in [1.807, 2.05) is 11.8 Å². The summed E-state index contributed by atoms with van der Waals surface area (Å²) in [4.78, 5) is 3.65. The van der Waals surface area contributed by atoms with E-state index in [1.54, 1.807) is 0 Å². The lowest BCUT2D eigenvalue weighted by Gasteiger charge is -2.20. The molecule has 0 aliphatic rings. The molecule has 1 aromatic rings. The molecule has 21 heavy (non-hydrogen) atoms. The Hall–Kier alpha value is -0.510. The number of hydrogen-bond donors (Lipinski definition) is 1. The van der Waals surface area contributed by atoms with Gasteiger partial charge in [0.25, 0.3) is 0 Å². The average Bonchev–Trinajstić information content (AvgIpc) is 2.48. The number of aliphatic hydroxyl groups excluding tert-OH is 1. The van der Waals surface area contributed by atoms with E-state index >= 15 is 0 Å². The molecular weight excluding hydrogens is 278 g/mol. The normalized spacial score (nSPS) is 13.1. The molecule has 0 saturated carbocycles. The molecule has 1 rings (SSSR count). The van der Waals surface area contributed by atoms with Gasteiger partial charge in [-0.25, -0.2) is 0 Å². The van der Waals surface area contributed by atoms with Crippen molar-refractivity contribution in [1.82, 2.24) is 4.90 Å². The molecule has 2 nitrogen and oxygen atoms in total. The highest BCUT2D eigenvalue weighted by Crippen LogP contribution is 2.24. The minimum absolute atomic E-state index is 0.347. The summed E-state index contributed by atoms with van der Waals surface area (Å²) in [6.07, 6.45) is 1.71. The van der Waals surface area contributed by atoms with Crippen molar-refractivity contribution in [2.75, 3.05) is 25.4 Å². The predicted molar refractivity (Wildman–Crippen MR) is 94.0 cm³/mol. The van der Waals surface area contributed by atoms with Crippen LogP contribution in [0.3, 0.4) is 0 Å². The first-order chi connectivity index (χ1) is 10.1. The summed E-state index contributed by atoms with van der Waals surface area (Å²) in [6, 6.07) is 8.43. The molecule has 3 heteroatoms. The maximum atomic E-state index is 10.3. The van der Waals surface area contributed by atoms with E-state index in [-0.39, 0.29) is 6.10 Å². The number of aliphatic hydroxyl groups is 1. The number of thioether (sulfide) groups is 1.